The molecule has 1 aliphatic rings. The monoisotopic (exact) mass is 179 g/mol. The van der Waals surface area contributed by atoms with E-state index in [1.54, 1.807) is 0 Å². The fraction of sp³-hybridized carbons (Fsp3) is 0.778. The van der Waals surface area contributed by atoms with Crippen molar-refractivity contribution in [2.75, 3.05) is 26.2 Å². The number of nitriles is 2. The van der Waals surface area contributed by atoms with E-state index in [1.165, 1.54) is 0 Å². The highest BCUT2D eigenvalue weighted by Gasteiger charge is 2.20. The van der Waals surface area contributed by atoms with E-state index in [2.05, 4.69) is 17.0 Å². The lowest BCUT2D eigenvalue weighted by molar-refractivity contribution is -0.00196. The average molecular weight is 179 g/mol. The minimum atomic E-state index is -0.320. The van der Waals surface area contributed by atoms with Gasteiger partial charge in [-0.05, 0) is 6.92 Å². The summed E-state index contributed by atoms with van der Waals surface area (Å²) in [6.07, 6.45) is -0.320. The summed E-state index contributed by atoms with van der Waals surface area (Å²) in [7, 11) is 0. The van der Waals surface area contributed by atoms with Crippen LogP contribution in [0.3, 0.4) is 0 Å². The van der Waals surface area contributed by atoms with Gasteiger partial charge in [-0.2, -0.15) is 10.5 Å². The molecule has 13 heavy (non-hydrogen) atoms. The van der Waals surface area contributed by atoms with Crippen LogP contribution in [0.2, 0.25) is 0 Å². The molecular weight excluding hydrogens is 166 g/mol. The molecular formula is C9H13N3O. The topological polar surface area (TPSA) is 60.1 Å². The number of nitrogens with zero attached hydrogens (tertiary/aromatic N) is 3. The Morgan fingerprint density at radius 2 is 2.38 bits per heavy atom. The van der Waals surface area contributed by atoms with Crippen LogP contribution in [0, 0.1) is 28.6 Å². The molecule has 2 atom stereocenters. The van der Waals surface area contributed by atoms with E-state index in [4.69, 9.17) is 15.3 Å². The molecule has 2 unspecified atom stereocenters. The maximum absolute atomic E-state index is 8.63. The first kappa shape index (κ1) is 9.98. The smallest absolute Gasteiger partial charge is 0.156 e. The van der Waals surface area contributed by atoms with Crippen LogP contribution < -0.4 is 0 Å². The Bertz CT molecular complexity index is 238. The first-order valence-electron chi connectivity index (χ1n) is 4.39. The lowest BCUT2D eigenvalue weighted by Crippen LogP contribution is -2.43. The standard InChI is InChI=1S/C9H13N3O/c1-8(4-10)6-12-2-3-13-9(5-11)7-12/h8-9H,2-3,6-7H2,1H3. The molecule has 4 heteroatoms. The zero-order valence-corrected chi connectivity index (χ0v) is 7.73. The summed E-state index contributed by atoms with van der Waals surface area (Å²) in [5.74, 6) is 0.0254. The van der Waals surface area contributed by atoms with Gasteiger partial charge in [0.15, 0.2) is 6.10 Å². The Morgan fingerprint density at radius 3 is 3.00 bits per heavy atom. The zero-order valence-electron chi connectivity index (χ0n) is 7.73. The molecule has 0 radical (unpaired) electrons. The molecule has 4 nitrogen and oxygen atoms in total. The lowest BCUT2D eigenvalue weighted by Gasteiger charge is -2.30. The predicted molar refractivity (Wildman–Crippen MR) is 46.6 cm³/mol. The van der Waals surface area contributed by atoms with Gasteiger partial charge < -0.3 is 4.74 Å². The largest absolute Gasteiger partial charge is 0.361 e. The maximum Gasteiger partial charge on any atom is 0.156 e. The minimum absolute atomic E-state index is 0.0254. The van der Waals surface area contributed by atoms with Crippen LogP contribution in [-0.2, 0) is 4.74 Å². The van der Waals surface area contributed by atoms with E-state index in [0.717, 1.165) is 13.1 Å². The van der Waals surface area contributed by atoms with Crippen molar-refractivity contribution >= 4 is 0 Å². The molecule has 1 saturated heterocycles. The SMILES string of the molecule is CC(C#N)CN1CCOC(C#N)C1. The van der Waals surface area contributed by atoms with Gasteiger partial charge in [-0.15, -0.1) is 0 Å². The van der Waals surface area contributed by atoms with Crippen molar-refractivity contribution in [3.8, 4) is 12.1 Å². The van der Waals surface area contributed by atoms with Crippen LogP contribution in [0.4, 0.5) is 0 Å². The molecule has 1 fully saturated rings. The van der Waals surface area contributed by atoms with Crippen LogP contribution in [0.15, 0.2) is 0 Å². The quantitative estimate of drug-likeness (QED) is 0.614. The molecule has 0 spiro atoms. The van der Waals surface area contributed by atoms with Gasteiger partial charge >= 0.3 is 0 Å². The summed E-state index contributed by atoms with van der Waals surface area (Å²) in [6, 6.07) is 4.26. The van der Waals surface area contributed by atoms with Crippen LogP contribution in [0.25, 0.3) is 0 Å². The predicted octanol–water partition coefficient (Wildman–Crippen LogP) is 0.370. The normalized spacial score (nSPS) is 25.9. The molecule has 0 N–H and O–H groups in total. The summed E-state index contributed by atoms with van der Waals surface area (Å²) in [6.45, 7) is 4.66. The number of morpholine rings is 1. The van der Waals surface area contributed by atoms with E-state index in [9.17, 15) is 0 Å². The third-order valence-corrected chi connectivity index (χ3v) is 2.05. The summed E-state index contributed by atoms with van der Waals surface area (Å²) in [5.41, 5.74) is 0. The van der Waals surface area contributed by atoms with Gasteiger partial charge in [-0.25, -0.2) is 0 Å². The molecule has 0 aromatic rings. The summed E-state index contributed by atoms with van der Waals surface area (Å²) in [5, 5.41) is 17.2. The van der Waals surface area contributed by atoms with Crippen molar-refractivity contribution in [1.29, 1.82) is 10.5 Å². The Morgan fingerprint density at radius 1 is 1.62 bits per heavy atom. The molecule has 1 heterocycles. The average Bonchev–Trinajstić information content (AvgIpc) is 2.18. The van der Waals surface area contributed by atoms with Crippen molar-refractivity contribution < 1.29 is 4.74 Å². The second-order valence-electron chi connectivity index (χ2n) is 3.28. The van der Waals surface area contributed by atoms with Gasteiger partial charge in [0.05, 0.1) is 24.7 Å². The molecule has 1 aliphatic heterocycles. The number of hydrogen-bond donors (Lipinski definition) is 0. The van der Waals surface area contributed by atoms with Crippen molar-refractivity contribution in [3.05, 3.63) is 0 Å². The number of rotatable bonds is 2. The summed E-state index contributed by atoms with van der Waals surface area (Å²) < 4.78 is 5.19. The van der Waals surface area contributed by atoms with E-state index >= 15 is 0 Å². The van der Waals surface area contributed by atoms with Crippen molar-refractivity contribution in [3.63, 3.8) is 0 Å². The third kappa shape index (κ3) is 3.02. The molecule has 0 saturated carbocycles. The van der Waals surface area contributed by atoms with Crippen molar-refractivity contribution in [2.24, 2.45) is 5.92 Å². The minimum Gasteiger partial charge on any atom is -0.361 e. The molecule has 0 aliphatic carbocycles. The Labute approximate surface area is 78.3 Å². The van der Waals surface area contributed by atoms with Crippen LogP contribution >= 0.6 is 0 Å². The number of ether oxygens (including phenoxy) is 1. The van der Waals surface area contributed by atoms with Gasteiger partial charge in [0.25, 0.3) is 0 Å². The highest BCUT2D eigenvalue weighted by Crippen LogP contribution is 2.06. The highest BCUT2D eigenvalue weighted by atomic mass is 16.5. The second-order valence-corrected chi connectivity index (χ2v) is 3.28. The molecule has 0 bridgehead atoms. The van der Waals surface area contributed by atoms with Crippen molar-refractivity contribution in [2.45, 2.75) is 13.0 Å². The summed E-state index contributed by atoms with van der Waals surface area (Å²) >= 11 is 0. The van der Waals surface area contributed by atoms with E-state index in [1.807, 2.05) is 6.92 Å². The van der Waals surface area contributed by atoms with E-state index in [0.29, 0.717) is 13.2 Å². The molecule has 1 rings (SSSR count). The molecule has 0 aromatic carbocycles. The van der Waals surface area contributed by atoms with Gasteiger partial charge in [-0.3, -0.25) is 4.90 Å². The first-order chi connectivity index (χ1) is 6.26. The molecule has 70 valence electrons. The fourth-order valence-corrected chi connectivity index (χ4v) is 1.37. The summed E-state index contributed by atoms with van der Waals surface area (Å²) in [4.78, 5) is 2.10. The van der Waals surface area contributed by atoms with Gasteiger partial charge in [0.1, 0.15) is 0 Å². The lowest BCUT2D eigenvalue weighted by atomic mass is 10.2. The maximum atomic E-state index is 8.63. The highest BCUT2D eigenvalue weighted by molar-refractivity contribution is 4.91. The fourth-order valence-electron chi connectivity index (χ4n) is 1.37. The first-order valence-corrected chi connectivity index (χ1v) is 4.39. The Balaban J connectivity index is 2.36. The van der Waals surface area contributed by atoms with Crippen molar-refractivity contribution in [1.82, 2.24) is 4.90 Å². The molecule has 0 aromatic heterocycles. The second kappa shape index (κ2) is 4.81. The van der Waals surface area contributed by atoms with Crippen LogP contribution in [0.1, 0.15) is 6.92 Å². The van der Waals surface area contributed by atoms with Crippen LogP contribution in [-0.4, -0.2) is 37.2 Å². The van der Waals surface area contributed by atoms with E-state index < -0.39 is 0 Å². The van der Waals surface area contributed by atoms with E-state index in [-0.39, 0.29) is 12.0 Å². The Hall–Kier alpha value is -1.10. The third-order valence-electron chi connectivity index (χ3n) is 2.05. The zero-order chi connectivity index (χ0) is 9.68. The van der Waals surface area contributed by atoms with Crippen LogP contribution in [0.5, 0.6) is 0 Å². The number of hydrogen-bond acceptors (Lipinski definition) is 4. The van der Waals surface area contributed by atoms with Gasteiger partial charge in [-0.1, -0.05) is 0 Å². The van der Waals surface area contributed by atoms with Gasteiger partial charge in [0.2, 0.25) is 0 Å². The van der Waals surface area contributed by atoms with Gasteiger partial charge in [0, 0.05) is 19.6 Å². The Kier molecular flexibility index (Phi) is 3.70. The molecule has 0 amide bonds.